The van der Waals surface area contributed by atoms with Crippen LogP contribution in [0.4, 0.5) is 0 Å². The molecule has 4 fully saturated rings. The monoisotopic (exact) mass is 415 g/mol. The van der Waals surface area contributed by atoms with E-state index in [-0.39, 0.29) is 17.6 Å². The lowest BCUT2D eigenvalue weighted by Gasteiger charge is -2.55. The zero-order valence-corrected chi connectivity index (χ0v) is 18.1. The standard InChI is InChI=1S/C22H29N3O3S/c1-4-28-22(27)18-10(2)16-20(26)24-19(25-21(16)29-18)11(3)23-17-14-6-12-5-13(8-14)9-15(17)7-12/h11-15,17,23H,4-9H2,1-3H3,(H,24,25,26). The summed E-state index contributed by atoms with van der Waals surface area (Å²) in [6, 6.07) is 0.502. The predicted molar refractivity (Wildman–Crippen MR) is 113 cm³/mol. The van der Waals surface area contributed by atoms with E-state index in [1.54, 1.807) is 13.8 Å². The van der Waals surface area contributed by atoms with Gasteiger partial charge >= 0.3 is 5.97 Å². The minimum atomic E-state index is -0.381. The highest BCUT2D eigenvalue weighted by Crippen LogP contribution is 2.54. The minimum Gasteiger partial charge on any atom is -0.462 e. The molecular weight excluding hydrogens is 386 g/mol. The van der Waals surface area contributed by atoms with Gasteiger partial charge in [0, 0.05) is 6.04 Å². The van der Waals surface area contributed by atoms with Crippen molar-refractivity contribution in [2.45, 2.75) is 65.0 Å². The third-order valence-corrected chi connectivity index (χ3v) is 8.52. The number of aryl methyl sites for hydroxylation is 1. The van der Waals surface area contributed by atoms with E-state index in [4.69, 9.17) is 9.72 Å². The van der Waals surface area contributed by atoms with Crippen LogP contribution < -0.4 is 10.9 Å². The molecule has 4 bridgehead atoms. The highest BCUT2D eigenvalue weighted by molar-refractivity contribution is 7.20. The van der Waals surface area contributed by atoms with Crippen LogP contribution in [0.15, 0.2) is 4.79 Å². The van der Waals surface area contributed by atoms with Crippen molar-refractivity contribution in [1.82, 2.24) is 15.3 Å². The van der Waals surface area contributed by atoms with Crippen molar-refractivity contribution in [3.05, 3.63) is 26.6 Å². The average Bonchev–Trinajstić information content (AvgIpc) is 3.01. The van der Waals surface area contributed by atoms with E-state index in [1.807, 2.05) is 0 Å². The molecule has 4 aliphatic rings. The van der Waals surface area contributed by atoms with Gasteiger partial charge in [-0.1, -0.05) is 0 Å². The Bertz CT molecular complexity index is 983. The molecule has 2 heterocycles. The number of rotatable bonds is 5. The molecule has 29 heavy (non-hydrogen) atoms. The van der Waals surface area contributed by atoms with Crippen molar-refractivity contribution >= 4 is 27.5 Å². The molecule has 0 aromatic carbocycles. The SMILES string of the molecule is CCOC(=O)c1sc2nc(C(C)NC3C4CC5CC(C4)CC3C5)[nH]c(=O)c2c1C. The Hall–Kier alpha value is -1.73. The van der Waals surface area contributed by atoms with Crippen LogP contribution in [-0.4, -0.2) is 28.6 Å². The second-order valence-corrected chi connectivity index (χ2v) is 10.3. The number of carbonyl (C=O) groups is 1. The third-order valence-electron chi connectivity index (χ3n) is 7.36. The summed E-state index contributed by atoms with van der Waals surface area (Å²) in [5.74, 6) is 3.69. The van der Waals surface area contributed by atoms with Gasteiger partial charge in [0.15, 0.2) is 0 Å². The van der Waals surface area contributed by atoms with E-state index in [9.17, 15) is 9.59 Å². The molecule has 0 saturated heterocycles. The summed E-state index contributed by atoms with van der Waals surface area (Å²) < 4.78 is 5.13. The van der Waals surface area contributed by atoms with Crippen LogP contribution in [0.1, 0.15) is 73.1 Å². The maximum atomic E-state index is 12.8. The lowest BCUT2D eigenvalue weighted by Crippen LogP contribution is -2.55. The van der Waals surface area contributed by atoms with Gasteiger partial charge in [-0.25, -0.2) is 9.78 Å². The zero-order chi connectivity index (χ0) is 20.3. The van der Waals surface area contributed by atoms with Crippen molar-refractivity contribution in [1.29, 1.82) is 0 Å². The summed E-state index contributed by atoms with van der Waals surface area (Å²) in [5, 5.41) is 4.32. The number of carbonyl (C=O) groups excluding carboxylic acids is 1. The van der Waals surface area contributed by atoms with E-state index >= 15 is 0 Å². The van der Waals surface area contributed by atoms with E-state index in [2.05, 4.69) is 17.2 Å². The van der Waals surface area contributed by atoms with Gasteiger partial charge in [-0.05, 0) is 82.1 Å². The van der Waals surface area contributed by atoms with Gasteiger partial charge in [0.05, 0.1) is 18.0 Å². The van der Waals surface area contributed by atoms with Crippen LogP contribution in [0, 0.1) is 30.6 Å². The maximum Gasteiger partial charge on any atom is 0.348 e. The van der Waals surface area contributed by atoms with Crippen LogP contribution in [0.2, 0.25) is 0 Å². The Morgan fingerprint density at radius 1 is 1.24 bits per heavy atom. The molecule has 2 N–H and O–H groups in total. The first-order chi connectivity index (χ1) is 13.9. The molecule has 0 radical (unpaired) electrons. The molecule has 4 aliphatic carbocycles. The fourth-order valence-corrected chi connectivity index (χ4v) is 7.40. The second-order valence-electron chi connectivity index (χ2n) is 9.25. The fraction of sp³-hybridized carbons (Fsp3) is 0.682. The van der Waals surface area contributed by atoms with Gasteiger partial charge in [-0.15, -0.1) is 11.3 Å². The number of fused-ring (bicyclic) bond motifs is 1. The molecule has 1 unspecified atom stereocenters. The molecule has 2 aromatic rings. The number of aromatic nitrogens is 2. The van der Waals surface area contributed by atoms with Gasteiger partial charge in [0.1, 0.15) is 15.5 Å². The lowest BCUT2D eigenvalue weighted by atomic mass is 9.54. The van der Waals surface area contributed by atoms with E-state index in [0.717, 1.165) is 23.7 Å². The van der Waals surface area contributed by atoms with E-state index in [0.29, 0.717) is 39.1 Å². The third kappa shape index (κ3) is 3.22. The normalized spacial score (nSPS) is 31.3. The van der Waals surface area contributed by atoms with Crippen molar-refractivity contribution in [2.24, 2.45) is 23.7 Å². The summed E-state index contributed by atoms with van der Waals surface area (Å²) in [4.78, 5) is 33.8. The van der Waals surface area contributed by atoms with Gasteiger partial charge in [-0.2, -0.15) is 0 Å². The van der Waals surface area contributed by atoms with Crippen LogP contribution in [0.25, 0.3) is 10.2 Å². The van der Waals surface area contributed by atoms with Crippen molar-refractivity contribution in [3.63, 3.8) is 0 Å². The molecule has 0 amide bonds. The highest BCUT2D eigenvalue weighted by atomic mass is 32.1. The first-order valence-electron chi connectivity index (χ1n) is 10.9. The summed E-state index contributed by atoms with van der Waals surface area (Å²) in [7, 11) is 0. The highest BCUT2D eigenvalue weighted by Gasteiger charge is 2.48. The Kier molecular flexibility index (Phi) is 4.78. The number of nitrogens with zero attached hydrogens (tertiary/aromatic N) is 1. The first-order valence-corrected chi connectivity index (χ1v) is 11.7. The Morgan fingerprint density at radius 3 is 2.52 bits per heavy atom. The number of nitrogens with one attached hydrogen (secondary N) is 2. The van der Waals surface area contributed by atoms with Crippen LogP contribution in [0.3, 0.4) is 0 Å². The molecule has 7 heteroatoms. The predicted octanol–water partition coefficient (Wildman–Crippen LogP) is 3.95. The molecule has 156 valence electrons. The van der Waals surface area contributed by atoms with Gasteiger partial charge in [-0.3, -0.25) is 4.79 Å². The Balaban J connectivity index is 1.41. The second kappa shape index (κ2) is 7.20. The maximum absolute atomic E-state index is 12.8. The fourth-order valence-electron chi connectivity index (χ4n) is 6.32. The minimum absolute atomic E-state index is 0.0249. The Labute approximate surface area is 174 Å². The molecule has 2 aromatic heterocycles. The zero-order valence-electron chi connectivity index (χ0n) is 17.3. The lowest BCUT2D eigenvalue weighted by molar-refractivity contribution is -0.0174. The van der Waals surface area contributed by atoms with E-state index < -0.39 is 0 Å². The molecule has 4 saturated carbocycles. The van der Waals surface area contributed by atoms with Crippen molar-refractivity contribution in [2.75, 3.05) is 6.61 Å². The van der Waals surface area contributed by atoms with Gasteiger partial charge in [0.25, 0.3) is 5.56 Å². The largest absolute Gasteiger partial charge is 0.462 e. The van der Waals surface area contributed by atoms with Gasteiger partial charge < -0.3 is 15.0 Å². The summed E-state index contributed by atoms with van der Waals surface area (Å²) in [5.41, 5.74) is 0.485. The summed E-state index contributed by atoms with van der Waals surface area (Å²) in [6.45, 7) is 5.97. The number of hydrogen-bond acceptors (Lipinski definition) is 6. The number of ether oxygens (including phenoxy) is 1. The molecule has 1 atom stereocenters. The van der Waals surface area contributed by atoms with Crippen LogP contribution in [-0.2, 0) is 4.74 Å². The van der Waals surface area contributed by atoms with Crippen LogP contribution in [0.5, 0.6) is 0 Å². The topological polar surface area (TPSA) is 84.1 Å². The molecule has 6 nitrogen and oxygen atoms in total. The van der Waals surface area contributed by atoms with Gasteiger partial charge in [0.2, 0.25) is 0 Å². The number of aromatic amines is 1. The number of esters is 1. The smallest absolute Gasteiger partial charge is 0.348 e. The number of thiophene rings is 1. The summed E-state index contributed by atoms with van der Waals surface area (Å²) >= 11 is 1.25. The average molecular weight is 416 g/mol. The quantitative estimate of drug-likeness (QED) is 0.723. The molecular formula is C22H29N3O3S. The molecule has 0 spiro atoms. The molecule has 0 aliphatic heterocycles. The Morgan fingerprint density at radius 2 is 1.90 bits per heavy atom. The van der Waals surface area contributed by atoms with Crippen molar-refractivity contribution < 1.29 is 9.53 Å². The first kappa shape index (κ1) is 19.2. The van der Waals surface area contributed by atoms with E-state index in [1.165, 1.54) is 43.4 Å². The number of H-pyrrole nitrogens is 1. The number of hydrogen-bond donors (Lipinski definition) is 2. The van der Waals surface area contributed by atoms with Crippen LogP contribution >= 0.6 is 11.3 Å². The van der Waals surface area contributed by atoms with Crippen molar-refractivity contribution in [3.8, 4) is 0 Å². The molecule has 6 rings (SSSR count). The summed E-state index contributed by atoms with van der Waals surface area (Å²) in [6.07, 6.45) is 6.86.